The van der Waals surface area contributed by atoms with Crippen LogP contribution in [0.25, 0.3) is 11.3 Å². The maximum atomic E-state index is 12.8. The van der Waals surface area contributed by atoms with Crippen LogP contribution in [0.4, 0.5) is 4.39 Å². The molecule has 0 atom stereocenters. The van der Waals surface area contributed by atoms with Crippen LogP contribution in [0.15, 0.2) is 40.8 Å². The van der Waals surface area contributed by atoms with Crippen LogP contribution < -0.4 is 11.1 Å². The first-order valence-electron chi connectivity index (χ1n) is 5.55. The zero-order chi connectivity index (χ0) is 12.1. The van der Waals surface area contributed by atoms with Gasteiger partial charge >= 0.3 is 0 Å². The smallest absolute Gasteiger partial charge is 0.134 e. The third kappa shape index (κ3) is 3.15. The number of hydrogen-bond acceptors (Lipinski definition) is 3. The quantitative estimate of drug-likeness (QED) is 0.779. The summed E-state index contributed by atoms with van der Waals surface area (Å²) in [5.74, 6) is 1.34. The van der Waals surface area contributed by atoms with Gasteiger partial charge in [0, 0.05) is 18.7 Å². The Morgan fingerprint density at radius 2 is 1.88 bits per heavy atom. The van der Waals surface area contributed by atoms with Gasteiger partial charge in [0.05, 0.1) is 6.54 Å². The average molecular weight is 234 g/mol. The predicted octanol–water partition coefficient (Wildman–Crippen LogP) is 2.13. The third-order valence-electron chi connectivity index (χ3n) is 2.41. The lowest BCUT2D eigenvalue weighted by Gasteiger charge is -1.99. The summed E-state index contributed by atoms with van der Waals surface area (Å²) in [6.07, 6.45) is 0. The fourth-order valence-electron chi connectivity index (χ4n) is 1.56. The Morgan fingerprint density at radius 1 is 1.12 bits per heavy atom. The van der Waals surface area contributed by atoms with Crippen molar-refractivity contribution in [1.29, 1.82) is 0 Å². The van der Waals surface area contributed by atoms with E-state index in [1.54, 1.807) is 12.1 Å². The van der Waals surface area contributed by atoms with Crippen molar-refractivity contribution in [3.05, 3.63) is 48.0 Å². The molecule has 1 heterocycles. The van der Waals surface area contributed by atoms with E-state index in [4.69, 9.17) is 10.2 Å². The number of rotatable bonds is 5. The van der Waals surface area contributed by atoms with Crippen LogP contribution in [0, 0.1) is 5.82 Å². The lowest BCUT2D eigenvalue weighted by molar-refractivity contribution is 0.496. The highest BCUT2D eigenvalue weighted by Gasteiger charge is 2.04. The first-order chi connectivity index (χ1) is 8.29. The second kappa shape index (κ2) is 5.61. The van der Waals surface area contributed by atoms with Crippen LogP contribution >= 0.6 is 0 Å². The summed E-state index contributed by atoms with van der Waals surface area (Å²) in [7, 11) is 0. The van der Waals surface area contributed by atoms with Gasteiger partial charge in [0.1, 0.15) is 17.3 Å². The Balaban J connectivity index is 2.04. The standard InChI is InChI=1S/C13H15FN2O/c14-11-3-1-10(2-4-11)13-6-5-12(17-13)9-16-8-7-15/h1-6,16H,7-9,15H2. The van der Waals surface area contributed by atoms with Crippen molar-refractivity contribution in [1.82, 2.24) is 5.32 Å². The van der Waals surface area contributed by atoms with Crippen LogP contribution in [0.2, 0.25) is 0 Å². The molecular weight excluding hydrogens is 219 g/mol. The van der Waals surface area contributed by atoms with E-state index < -0.39 is 0 Å². The molecule has 0 aliphatic carbocycles. The highest BCUT2D eigenvalue weighted by atomic mass is 19.1. The lowest BCUT2D eigenvalue weighted by atomic mass is 10.2. The minimum absolute atomic E-state index is 0.245. The molecule has 3 N–H and O–H groups in total. The van der Waals surface area contributed by atoms with Gasteiger partial charge in [0.25, 0.3) is 0 Å². The molecule has 0 saturated carbocycles. The maximum absolute atomic E-state index is 12.8. The molecule has 4 heteroatoms. The van der Waals surface area contributed by atoms with Gasteiger partial charge in [-0.2, -0.15) is 0 Å². The second-order valence-electron chi connectivity index (χ2n) is 3.74. The fourth-order valence-corrected chi connectivity index (χ4v) is 1.56. The SMILES string of the molecule is NCCNCc1ccc(-c2ccc(F)cc2)o1. The summed E-state index contributed by atoms with van der Waals surface area (Å²) >= 11 is 0. The van der Waals surface area contributed by atoms with Gasteiger partial charge < -0.3 is 15.5 Å². The minimum Gasteiger partial charge on any atom is -0.460 e. The first kappa shape index (κ1) is 11.8. The van der Waals surface area contributed by atoms with Crippen LogP contribution in [0.3, 0.4) is 0 Å². The van der Waals surface area contributed by atoms with Crippen molar-refractivity contribution in [2.75, 3.05) is 13.1 Å². The van der Waals surface area contributed by atoms with E-state index in [-0.39, 0.29) is 5.82 Å². The van der Waals surface area contributed by atoms with E-state index in [0.29, 0.717) is 13.1 Å². The Labute approximate surface area is 99.4 Å². The van der Waals surface area contributed by atoms with Gasteiger partial charge in [-0.15, -0.1) is 0 Å². The topological polar surface area (TPSA) is 51.2 Å². The minimum atomic E-state index is -0.245. The first-order valence-corrected chi connectivity index (χ1v) is 5.55. The molecule has 0 fully saturated rings. The zero-order valence-corrected chi connectivity index (χ0v) is 9.45. The molecule has 0 spiro atoms. The zero-order valence-electron chi connectivity index (χ0n) is 9.45. The summed E-state index contributed by atoms with van der Waals surface area (Å²) < 4.78 is 18.4. The molecule has 1 aromatic carbocycles. The van der Waals surface area contributed by atoms with E-state index in [9.17, 15) is 4.39 Å². The summed E-state index contributed by atoms with van der Waals surface area (Å²) in [6.45, 7) is 2.01. The van der Waals surface area contributed by atoms with Gasteiger partial charge in [-0.1, -0.05) is 0 Å². The lowest BCUT2D eigenvalue weighted by Crippen LogP contribution is -2.21. The van der Waals surface area contributed by atoms with Crippen LogP contribution in [-0.2, 0) is 6.54 Å². The summed E-state index contributed by atoms with van der Waals surface area (Å²) in [6, 6.07) is 10.0. The van der Waals surface area contributed by atoms with E-state index in [2.05, 4.69) is 5.32 Å². The van der Waals surface area contributed by atoms with Crippen LogP contribution in [0.5, 0.6) is 0 Å². The Bertz CT molecular complexity index is 465. The Hall–Kier alpha value is -1.65. The molecule has 0 amide bonds. The normalized spacial score (nSPS) is 10.7. The third-order valence-corrected chi connectivity index (χ3v) is 2.41. The maximum Gasteiger partial charge on any atom is 0.134 e. The number of nitrogens with one attached hydrogen (secondary N) is 1. The molecule has 3 nitrogen and oxygen atoms in total. The van der Waals surface area contributed by atoms with Crippen molar-refractivity contribution in [3.8, 4) is 11.3 Å². The number of benzene rings is 1. The molecule has 17 heavy (non-hydrogen) atoms. The van der Waals surface area contributed by atoms with Crippen molar-refractivity contribution in [2.24, 2.45) is 5.73 Å². The van der Waals surface area contributed by atoms with Crippen molar-refractivity contribution < 1.29 is 8.81 Å². The Kier molecular flexibility index (Phi) is 3.90. The molecular formula is C13H15FN2O. The molecule has 1 aromatic heterocycles. The Morgan fingerprint density at radius 3 is 2.59 bits per heavy atom. The molecule has 90 valence electrons. The predicted molar refractivity (Wildman–Crippen MR) is 64.9 cm³/mol. The number of nitrogens with two attached hydrogens (primary N) is 1. The van der Waals surface area contributed by atoms with Gasteiger partial charge in [0.15, 0.2) is 0 Å². The van der Waals surface area contributed by atoms with Crippen molar-refractivity contribution >= 4 is 0 Å². The molecule has 0 saturated heterocycles. The second-order valence-corrected chi connectivity index (χ2v) is 3.74. The van der Waals surface area contributed by atoms with Gasteiger partial charge in [-0.25, -0.2) is 4.39 Å². The van der Waals surface area contributed by atoms with Crippen molar-refractivity contribution in [2.45, 2.75) is 6.54 Å². The number of furan rings is 1. The summed E-state index contributed by atoms with van der Waals surface area (Å²) in [5, 5.41) is 3.15. The molecule has 0 radical (unpaired) electrons. The molecule has 2 rings (SSSR count). The van der Waals surface area contributed by atoms with Crippen molar-refractivity contribution in [3.63, 3.8) is 0 Å². The fraction of sp³-hybridized carbons (Fsp3) is 0.231. The molecule has 0 unspecified atom stereocenters. The molecule has 2 aromatic rings. The van der Waals surface area contributed by atoms with E-state index >= 15 is 0 Å². The van der Waals surface area contributed by atoms with E-state index in [0.717, 1.165) is 23.6 Å². The summed E-state index contributed by atoms with van der Waals surface area (Å²) in [4.78, 5) is 0. The van der Waals surface area contributed by atoms with Gasteiger partial charge in [-0.05, 0) is 36.4 Å². The largest absolute Gasteiger partial charge is 0.460 e. The highest BCUT2D eigenvalue weighted by molar-refractivity contribution is 5.57. The van der Waals surface area contributed by atoms with E-state index in [1.807, 2.05) is 12.1 Å². The monoisotopic (exact) mass is 234 g/mol. The van der Waals surface area contributed by atoms with E-state index in [1.165, 1.54) is 12.1 Å². The van der Waals surface area contributed by atoms with Crippen LogP contribution in [-0.4, -0.2) is 13.1 Å². The highest BCUT2D eigenvalue weighted by Crippen LogP contribution is 2.22. The molecule has 0 bridgehead atoms. The van der Waals surface area contributed by atoms with Gasteiger partial charge in [-0.3, -0.25) is 0 Å². The number of hydrogen-bond donors (Lipinski definition) is 2. The number of halogens is 1. The molecule has 0 aliphatic rings. The van der Waals surface area contributed by atoms with Crippen LogP contribution in [0.1, 0.15) is 5.76 Å². The van der Waals surface area contributed by atoms with Gasteiger partial charge in [0.2, 0.25) is 0 Å². The summed E-state index contributed by atoms with van der Waals surface area (Å²) in [5.41, 5.74) is 6.25. The molecule has 0 aliphatic heterocycles. The average Bonchev–Trinajstić information content (AvgIpc) is 2.79.